The lowest BCUT2D eigenvalue weighted by Crippen LogP contribution is -2.34. The Balaban J connectivity index is 1.60. The summed E-state index contributed by atoms with van der Waals surface area (Å²) in [5, 5.41) is 3.30. The van der Waals surface area contributed by atoms with Gasteiger partial charge in [-0.3, -0.25) is 4.79 Å². The zero-order chi connectivity index (χ0) is 12.8. The van der Waals surface area contributed by atoms with E-state index in [1.807, 2.05) is 4.90 Å². The van der Waals surface area contributed by atoms with Gasteiger partial charge in [-0.25, -0.2) is 0 Å². The quantitative estimate of drug-likeness (QED) is 0.773. The average molecular weight is 256 g/mol. The van der Waals surface area contributed by atoms with Crippen LogP contribution in [-0.2, 0) is 14.3 Å². The second-order valence-electron chi connectivity index (χ2n) is 5.06. The topological polar surface area (TPSA) is 50.8 Å². The largest absolute Gasteiger partial charge is 0.380 e. The van der Waals surface area contributed by atoms with Gasteiger partial charge in [-0.05, 0) is 32.4 Å². The number of piperidine rings is 1. The van der Waals surface area contributed by atoms with Crippen LogP contribution in [0, 0.1) is 0 Å². The molecule has 2 aliphatic rings. The van der Waals surface area contributed by atoms with Crippen molar-refractivity contribution in [2.45, 2.75) is 37.9 Å². The molecule has 0 spiro atoms. The maximum absolute atomic E-state index is 11.9. The Kier molecular flexibility index (Phi) is 5.41. The van der Waals surface area contributed by atoms with Crippen LogP contribution < -0.4 is 5.32 Å². The third kappa shape index (κ3) is 3.93. The van der Waals surface area contributed by atoms with Crippen molar-refractivity contribution >= 4 is 5.91 Å². The Morgan fingerprint density at radius 3 is 2.72 bits per heavy atom. The second kappa shape index (κ2) is 7.07. The summed E-state index contributed by atoms with van der Waals surface area (Å²) in [7, 11) is 1.71. The molecule has 0 aromatic carbocycles. The van der Waals surface area contributed by atoms with Gasteiger partial charge in [-0.15, -0.1) is 0 Å². The highest BCUT2D eigenvalue weighted by atomic mass is 16.5. The number of rotatable bonds is 5. The van der Waals surface area contributed by atoms with E-state index in [1.165, 1.54) is 0 Å². The van der Waals surface area contributed by atoms with Crippen molar-refractivity contribution in [3.8, 4) is 0 Å². The molecule has 0 bridgehead atoms. The summed E-state index contributed by atoms with van der Waals surface area (Å²) in [6.45, 7) is 4.17. The predicted molar refractivity (Wildman–Crippen MR) is 68.5 cm³/mol. The Morgan fingerprint density at radius 2 is 2.06 bits per heavy atom. The highest BCUT2D eigenvalue weighted by molar-refractivity contribution is 5.76. The summed E-state index contributed by atoms with van der Waals surface area (Å²) < 4.78 is 11.0. The summed E-state index contributed by atoms with van der Waals surface area (Å²) in [4.78, 5) is 13.8. The minimum atomic E-state index is 0.198. The highest BCUT2D eigenvalue weighted by Gasteiger charge is 2.25. The zero-order valence-electron chi connectivity index (χ0n) is 11.2. The van der Waals surface area contributed by atoms with Gasteiger partial charge in [0.05, 0.1) is 25.2 Å². The van der Waals surface area contributed by atoms with E-state index in [4.69, 9.17) is 9.47 Å². The first-order valence-electron chi connectivity index (χ1n) is 6.92. The fourth-order valence-corrected chi connectivity index (χ4v) is 2.58. The lowest BCUT2D eigenvalue weighted by molar-refractivity contribution is -0.132. The van der Waals surface area contributed by atoms with Crippen LogP contribution in [0.1, 0.15) is 25.7 Å². The number of methoxy groups -OCH3 is 1. The van der Waals surface area contributed by atoms with Gasteiger partial charge in [0.2, 0.25) is 5.91 Å². The van der Waals surface area contributed by atoms with Crippen LogP contribution in [0.25, 0.3) is 0 Å². The van der Waals surface area contributed by atoms with Crippen molar-refractivity contribution in [2.75, 3.05) is 39.9 Å². The van der Waals surface area contributed by atoms with E-state index in [0.29, 0.717) is 19.1 Å². The van der Waals surface area contributed by atoms with E-state index in [0.717, 1.165) is 45.4 Å². The summed E-state index contributed by atoms with van der Waals surface area (Å²) in [6, 6.07) is 0. The number of nitrogens with one attached hydrogen (secondary N) is 1. The Bertz CT molecular complexity index is 267. The molecule has 1 N–H and O–H groups in total. The fourth-order valence-electron chi connectivity index (χ4n) is 2.58. The maximum atomic E-state index is 11.9. The smallest absolute Gasteiger partial charge is 0.224 e. The first-order chi connectivity index (χ1) is 8.79. The Morgan fingerprint density at radius 1 is 1.28 bits per heavy atom. The predicted octanol–water partition coefficient (Wildman–Crippen LogP) is 0.392. The number of carbonyl (C=O) groups is 1. The highest BCUT2D eigenvalue weighted by Crippen LogP contribution is 2.13. The van der Waals surface area contributed by atoms with Crippen LogP contribution in [0.15, 0.2) is 0 Å². The van der Waals surface area contributed by atoms with Gasteiger partial charge in [0.25, 0.3) is 0 Å². The molecule has 2 aliphatic heterocycles. The molecule has 2 saturated heterocycles. The van der Waals surface area contributed by atoms with Gasteiger partial charge in [0.1, 0.15) is 0 Å². The number of hydrogen-bond donors (Lipinski definition) is 1. The van der Waals surface area contributed by atoms with E-state index in [2.05, 4.69) is 5.32 Å². The van der Waals surface area contributed by atoms with Crippen LogP contribution in [0.4, 0.5) is 0 Å². The molecule has 0 aromatic heterocycles. The second-order valence-corrected chi connectivity index (χ2v) is 5.06. The van der Waals surface area contributed by atoms with E-state index >= 15 is 0 Å². The fraction of sp³-hybridized carbons (Fsp3) is 0.923. The monoisotopic (exact) mass is 256 g/mol. The molecule has 104 valence electrons. The van der Waals surface area contributed by atoms with Crippen molar-refractivity contribution in [3.63, 3.8) is 0 Å². The van der Waals surface area contributed by atoms with Gasteiger partial charge >= 0.3 is 0 Å². The number of hydrogen-bond acceptors (Lipinski definition) is 4. The van der Waals surface area contributed by atoms with Crippen molar-refractivity contribution in [1.82, 2.24) is 10.2 Å². The Hall–Kier alpha value is -0.650. The van der Waals surface area contributed by atoms with Crippen LogP contribution >= 0.6 is 0 Å². The molecular weight excluding hydrogens is 232 g/mol. The van der Waals surface area contributed by atoms with Crippen LogP contribution in [0.2, 0.25) is 0 Å². The minimum absolute atomic E-state index is 0.198. The SMILES string of the molecule is COC1CCN(C(=O)CCOC2CCNCC2)C1. The lowest BCUT2D eigenvalue weighted by atomic mass is 10.1. The van der Waals surface area contributed by atoms with Crippen LogP contribution in [-0.4, -0.2) is 62.9 Å². The van der Waals surface area contributed by atoms with E-state index < -0.39 is 0 Å². The van der Waals surface area contributed by atoms with E-state index in [1.54, 1.807) is 7.11 Å². The molecule has 0 radical (unpaired) electrons. The first-order valence-corrected chi connectivity index (χ1v) is 6.92. The van der Waals surface area contributed by atoms with E-state index in [-0.39, 0.29) is 12.0 Å². The molecule has 0 aliphatic carbocycles. The molecule has 2 fully saturated rings. The molecule has 1 atom stereocenters. The molecule has 0 aromatic rings. The minimum Gasteiger partial charge on any atom is -0.380 e. The van der Waals surface area contributed by atoms with Gasteiger partial charge in [-0.1, -0.05) is 0 Å². The first kappa shape index (κ1) is 13.8. The number of likely N-dealkylation sites (tertiary alicyclic amines) is 1. The van der Waals surface area contributed by atoms with Gasteiger partial charge in [0.15, 0.2) is 0 Å². The van der Waals surface area contributed by atoms with Gasteiger partial charge in [0, 0.05) is 20.2 Å². The standard InChI is InChI=1S/C13H24N2O3/c1-17-12-4-8-15(10-12)13(16)5-9-18-11-2-6-14-7-3-11/h11-12,14H,2-10H2,1H3. The number of ether oxygens (including phenoxy) is 2. The molecule has 0 saturated carbocycles. The molecule has 2 heterocycles. The molecular formula is C13H24N2O3. The zero-order valence-corrected chi connectivity index (χ0v) is 11.2. The summed E-state index contributed by atoms with van der Waals surface area (Å²) >= 11 is 0. The van der Waals surface area contributed by atoms with Crippen molar-refractivity contribution < 1.29 is 14.3 Å². The van der Waals surface area contributed by atoms with Gasteiger partial charge < -0.3 is 19.7 Å². The van der Waals surface area contributed by atoms with Crippen molar-refractivity contribution in [2.24, 2.45) is 0 Å². The lowest BCUT2D eigenvalue weighted by Gasteiger charge is -2.23. The van der Waals surface area contributed by atoms with Crippen molar-refractivity contribution in [1.29, 1.82) is 0 Å². The van der Waals surface area contributed by atoms with Crippen LogP contribution in [0.5, 0.6) is 0 Å². The molecule has 1 unspecified atom stereocenters. The summed E-state index contributed by atoms with van der Waals surface area (Å²) in [5.74, 6) is 0.198. The number of nitrogens with zero attached hydrogens (tertiary/aromatic N) is 1. The summed E-state index contributed by atoms with van der Waals surface area (Å²) in [5.41, 5.74) is 0. The van der Waals surface area contributed by atoms with Crippen LogP contribution in [0.3, 0.4) is 0 Å². The summed E-state index contributed by atoms with van der Waals surface area (Å²) in [6.07, 6.45) is 4.13. The number of carbonyl (C=O) groups excluding carboxylic acids is 1. The van der Waals surface area contributed by atoms with Gasteiger partial charge in [-0.2, -0.15) is 0 Å². The third-order valence-electron chi connectivity index (χ3n) is 3.79. The molecule has 2 rings (SSSR count). The molecule has 18 heavy (non-hydrogen) atoms. The number of amides is 1. The molecule has 1 amide bonds. The molecule has 5 nitrogen and oxygen atoms in total. The molecule has 5 heteroatoms. The van der Waals surface area contributed by atoms with Crippen molar-refractivity contribution in [3.05, 3.63) is 0 Å². The maximum Gasteiger partial charge on any atom is 0.224 e. The Labute approximate surface area is 109 Å². The average Bonchev–Trinajstić information content (AvgIpc) is 2.89. The van der Waals surface area contributed by atoms with E-state index in [9.17, 15) is 4.79 Å². The third-order valence-corrected chi connectivity index (χ3v) is 3.79. The normalized spacial score (nSPS) is 25.6.